The van der Waals surface area contributed by atoms with Gasteiger partial charge < -0.3 is 20.5 Å². The molecule has 0 aliphatic heterocycles. The molecule has 2 aromatic carbocycles. The second-order valence-corrected chi connectivity index (χ2v) is 5.70. The Morgan fingerprint density at radius 1 is 1.21 bits per heavy atom. The number of urea groups is 1. The number of ether oxygens (including phenoxy) is 1. The van der Waals surface area contributed by atoms with Crippen LogP contribution in [0.4, 0.5) is 10.5 Å². The second-order valence-electron chi connectivity index (χ2n) is 5.70. The van der Waals surface area contributed by atoms with E-state index in [1.165, 1.54) is 5.56 Å². The number of carbonyl (C=O) groups excluding carboxylic acids is 1. The summed E-state index contributed by atoms with van der Waals surface area (Å²) in [6.07, 6.45) is 1.25. The van der Waals surface area contributed by atoms with E-state index in [1.807, 2.05) is 43.3 Å². The Labute approximate surface area is 142 Å². The fraction of sp³-hybridized carbons (Fsp3) is 0.316. The summed E-state index contributed by atoms with van der Waals surface area (Å²) in [5.74, 6) is 0.790. The van der Waals surface area contributed by atoms with Crippen molar-refractivity contribution in [2.45, 2.75) is 25.8 Å². The summed E-state index contributed by atoms with van der Waals surface area (Å²) in [5, 5.41) is 14.5. The summed E-state index contributed by atoms with van der Waals surface area (Å²) in [4.78, 5) is 12.0. The van der Waals surface area contributed by atoms with Gasteiger partial charge in [-0.25, -0.2) is 4.79 Å². The molecule has 2 rings (SSSR count). The molecule has 1 atom stereocenters. The van der Waals surface area contributed by atoms with Crippen molar-refractivity contribution >= 4 is 11.7 Å². The molecule has 0 unspecified atom stereocenters. The Morgan fingerprint density at radius 2 is 1.96 bits per heavy atom. The van der Waals surface area contributed by atoms with Gasteiger partial charge in [0.15, 0.2) is 0 Å². The molecule has 2 aromatic rings. The van der Waals surface area contributed by atoms with E-state index < -0.39 is 0 Å². The van der Waals surface area contributed by atoms with Crippen LogP contribution < -0.4 is 15.4 Å². The molecule has 5 nitrogen and oxygen atoms in total. The maximum absolute atomic E-state index is 12.0. The van der Waals surface area contributed by atoms with Gasteiger partial charge in [-0.15, -0.1) is 0 Å². The van der Waals surface area contributed by atoms with Crippen molar-refractivity contribution in [3.05, 3.63) is 59.7 Å². The first-order valence-electron chi connectivity index (χ1n) is 8.01. The van der Waals surface area contributed by atoms with Gasteiger partial charge in [-0.05, 0) is 37.1 Å². The van der Waals surface area contributed by atoms with Crippen LogP contribution in [0.15, 0.2) is 48.5 Å². The van der Waals surface area contributed by atoms with Gasteiger partial charge in [0.1, 0.15) is 5.75 Å². The highest BCUT2D eigenvalue weighted by Gasteiger charge is 2.10. The number of amides is 2. The normalized spacial score (nSPS) is 11.6. The first-order chi connectivity index (χ1) is 11.6. The zero-order valence-corrected chi connectivity index (χ0v) is 14.1. The quantitative estimate of drug-likeness (QED) is 0.731. The van der Waals surface area contributed by atoms with Crippen LogP contribution in [0.25, 0.3) is 0 Å². The fourth-order valence-electron chi connectivity index (χ4n) is 2.47. The number of rotatable bonds is 7. The molecule has 0 heterocycles. The van der Waals surface area contributed by atoms with E-state index in [2.05, 4.69) is 22.8 Å². The molecular formula is C19H24N2O3. The monoisotopic (exact) mass is 328 g/mol. The van der Waals surface area contributed by atoms with Crippen molar-refractivity contribution in [2.24, 2.45) is 0 Å². The molecule has 128 valence electrons. The summed E-state index contributed by atoms with van der Waals surface area (Å²) in [6.45, 7) is 1.90. The molecule has 5 heteroatoms. The largest absolute Gasteiger partial charge is 0.496 e. The predicted octanol–water partition coefficient (Wildman–Crippen LogP) is 3.18. The summed E-state index contributed by atoms with van der Waals surface area (Å²) in [6, 6.07) is 15.3. The Morgan fingerprint density at radius 3 is 2.62 bits per heavy atom. The van der Waals surface area contributed by atoms with E-state index >= 15 is 0 Å². The third-order valence-electron chi connectivity index (χ3n) is 3.72. The molecule has 0 saturated heterocycles. The Kier molecular flexibility index (Phi) is 6.63. The van der Waals surface area contributed by atoms with Gasteiger partial charge in [0.05, 0.1) is 7.11 Å². The summed E-state index contributed by atoms with van der Waals surface area (Å²) < 4.78 is 5.42. The van der Waals surface area contributed by atoms with Crippen LogP contribution in [0.1, 0.15) is 24.5 Å². The fourth-order valence-corrected chi connectivity index (χ4v) is 2.47. The maximum atomic E-state index is 12.0. The average molecular weight is 328 g/mol. The van der Waals surface area contributed by atoms with Crippen molar-refractivity contribution in [3.8, 4) is 5.75 Å². The standard InChI is InChI=1S/C19H24N2O3/c1-14(10-11-22)20-19(23)21-17-8-9-18(24-2)16(13-17)12-15-6-4-3-5-7-15/h3-9,13-14,22H,10-12H2,1-2H3,(H2,20,21,23)/t14-/m1/s1. The van der Waals surface area contributed by atoms with E-state index in [9.17, 15) is 4.79 Å². The SMILES string of the molecule is COc1ccc(NC(=O)N[C@H](C)CCO)cc1Cc1ccccc1. The van der Waals surface area contributed by atoms with Crippen LogP contribution >= 0.6 is 0 Å². The number of hydrogen-bond acceptors (Lipinski definition) is 3. The smallest absolute Gasteiger partial charge is 0.319 e. The molecule has 0 aliphatic carbocycles. The summed E-state index contributed by atoms with van der Waals surface area (Å²) in [7, 11) is 1.64. The number of aliphatic hydroxyl groups is 1. The third-order valence-corrected chi connectivity index (χ3v) is 3.72. The van der Waals surface area contributed by atoms with Gasteiger partial charge in [0.25, 0.3) is 0 Å². The van der Waals surface area contributed by atoms with Crippen molar-refractivity contribution in [1.82, 2.24) is 5.32 Å². The number of aliphatic hydroxyl groups excluding tert-OH is 1. The number of anilines is 1. The van der Waals surface area contributed by atoms with E-state index in [1.54, 1.807) is 7.11 Å². The minimum absolute atomic E-state index is 0.0468. The van der Waals surface area contributed by atoms with E-state index in [0.29, 0.717) is 12.1 Å². The van der Waals surface area contributed by atoms with Crippen molar-refractivity contribution < 1.29 is 14.6 Å². The molecule has 24 heavy (non-hydrogen) atoms. The van der Waals surface area contributed by atoms with Gasteiger partial charge in [0.2, 0.25) is 0 Å². The molecule has 0 spiro atoms. The highest BCUT2D eigenvalue weighted by Crippen LogP contribution is 2.25. The lowest BCUT2D eigenvalue weighted by Gasteiger charge is -2.15. The number of methoxy groups -OCH3 is 1. The van der Waals surface area contributed by atoms with Crippen LogP contribution in [-0.2, 0) is 6.42 Å². The molecule has 0 saturated carbocycles. The second kappa shape index (κ2) is 8.93. The highest BCUT2D eigenvalue weighted by atomic mass is 16.5. The van der Waals surface area contributed by atoms with E-state index in [4.69, 9.17) is 9.84 Å². The lowest BCUT2D eigenvalue weighted by Crippen LogP contribution is -2.36. The highest BCUT2D eigenvalue weighted by molar-refractivity contribution is 5.89. The Balaban J connectivity index is 2.09. The maximum Gasteiger partial charge on any atom is 0.319 e. The van der Waals surface area contributed by atoms with E-state index in [-0.39, 0.29) is 18.7 Å². The predicted molar refractivity (Wildman–Crippen MR) is 95.6 cm³/mol. The van der Waals surface area contributed by atoms with Gasteiger partial charge in [-0.1, -0.05) is 30.3 Å². The third kappa shape index (κ3) is 5.28. The van der Waals surface area contributed by atoms with Crippen LogP contribution in [0, 0.1) is 0 Å². The van der Waals surface area contributed by atoms with Crippen molar-refractivity contribution in [1.29, 1.82) is 0 Å². The lowest BCUT2D eigenvalue weighted by molar-refractivity contribution is 0.241. The van der Waals surface area contributed by atoms with Gasteiger partial charge in [-0.3, -0.25) is 0 Å². The lowest BCUT2D eigenvalue weighted by atomic mass is 10.0. The topological polar surface area (TPSA) is 70.6 Å². The summed E-state index contributed by atoms with van der Waals surface area (Å²) in [5.41, 5.74) is 2.88. The van der Waals surface area contributed by atoms with E-state index in [0.717, 1.165) is 17.7 Å². The average Bonchev–Trinajstić information content (AvgIpc) is 2.56. The van der Waals surface area contributed by atoms with Crippen LogP contribution in [0.5, 0.6) is 5.75 Å². The molecule has 0 aromatic heterocycles. The first-order valence-corrected chi connectivity index (χ1v) is 8.01. The number of nitrogens with one attached hydrogen (secondary N) is 2. The van der Waals surface area contributed by atoms with Crippen LogP contribution in [0.3, 0.4) is 0 Å². The summed E-state index contributed by atoms with van der Waals surface area (Å²) >= 11 is 0. The number of carbonyl (C=O) groups is 1. The minimum Gasteiger partial charge on any atom is -0.496 e. The van der Waals surface area contributed by atoms with Crippen LogP contribution in [-0.4, -0.2) is 30.9 Å². The Hall–Kier alpha value is -2.53. The number of benzene rings is 2. The molecule has 0 aliphatic rings. The zero-order valence-electron chi connectivity index (χ0n) is 14.1. The van der Waals surface area contributed by atoms with Gasteiger partial charge >= 0.3 is 6.03 Å². The van der Waals surface area contributed by atoms with Gasteiger partial charge in [-0.2, -0.15) is 0 Å². The molecule has 2 amide bonds. The molecule has 0 radical (unpaired) electrons. The zero-order chi connectivity index (χ0) is 17.4. The van der Waals surface area contributed by atoms with Gasteiger partial charge in [0, 0.05) is 30.3 Å². The molecular weight excluding hydrogens is 304 g/mol. The van der Waals surface area contributed by atoms with Crippen molar-refractivity contribution in [2.75, 3.05) is 19.0 Å². The molecule has 3 N–H and O–H groups in total. The Bertz CT molecular complexity index is 659. The number of hydrogen-bond donors (Lipinski definition) is 3. The molecule has 0 bridgehead atoms. The van der Waals surface area contributed by atoms with Crippen LogP contribution in [0.2, 0.25) is 0 Å². The first kappa shape index (κ1) is 17.8. The van der Waals surface area contributed by atoms with Crippen molar-refractivity contribution in [3.63, 3.8) is 0 Å². The molecule has 0 fully saturated rings. The minimum atomic E-state index is -0.285.